The molecule has 0 fully saturated rings. The molecule has 1 aromatic heterocycles. The minimum atomic E-state index is 0.0338. The summed E-state index contributed by atoms with van der Waals surface area (Å²) >= 11 is 1.65. The van der Waals surface area contributed by atoms with E-state index in [0.29, 0.717) is 6.61 Å². The number of thiophene rings is 1. The summed E-state index contributed by atoms with van der Waals surface area (Å²) in [6.45, 7) is 0.525. The molecule has 2 rings (SSSR count). The van der Waals surface area contributed by atoms with Gasteiger partial charge in [0.2, 0.25) is 0 Å². The number of nitrogens with one attached hydrogen (secondary N) is 1. The fourth-order valence-corrected chi connectivity index (χ4v) is 2.12. The molecule has 0 spiro atoms. The molecular formula is C12H14N2OS. The highest BCUT2D eigenvalue weighted by Gasteiger charge is 2.10. The van der Waals surface area contributed by atoms with E-state index in [1.54, 1.807) is 11.3 Å². The van der Waals surface area contributed by atoms with E-state index >= 15 is 0 Å². The number of ether oxygens (including phenoxy) is 1. The van der Waals surface area contributed by atoms with Gasteiger partial charge in [-0.25, -0.2) is 5.43 Å². The minimum Gasteiger partial charge on any atom is -0.492 e. The number of hydrogen-bond donors (Lipinski definition) is 2. The van der Waals surface area contributed by atoms with Crippen LogP contribution in [0.2, 0.25) is 0 Å². The van der Waals surface area contributed by atoms with Crippen LogP contribution in [0.4, 0.5) is 0 Å². The number of rotatable bonds is 5. The largest absolute Gasteiger partial charge is 0.492 e. The molecule has 1 unspecified atom stereocenters. The Morgan fingerprint density at radius 2 is 2.06 bits per heavy atom. The molecule has 0 radical (unpaired) electrons. The number of hydrazine groups is 1. The lowest BCUT2D eigenvalue weighted by Gasteiger charge is -2.15. The highest BCUT2D eigenvalue weighted by molar-refractivity contribution is 7.07. The lowest BCUT2D eigenvalue weighted by atomic mass is 10.2. The Morgan fingerprint density at radius 3 is 2.69 bits per heavy atom. The minimum absolute atomic E-state index is 0.0338. The molecule has 0 saturated heterocycles. The summed E-state index contributed by atoms with van der Waals surface area (Å²) in [5.74, 6) is 6.36. The molecule has 0 amide bonds. The second-order valence-corrected chi connectivity index (χ2v) is 4.18. The van der Waals surface area contributed by atoms with Gasteiger partial charge in [-0.1, -0.05) is 18.2 Å². The van der Waals surface area contributed by atoms with E-state index in [4.69, 9.17) is 10.6 Å². The lowest BCUT2D eigenvalue weighted by molar-refractivity contribution is 0.268. The molecule has 0 aliphatic heterocycles. The molecule has 84 valence electrons. The van der Waals surface area contributed by atoms with Crippen molar-refractivity contribution in [1.29, 1.82) is 0 Å². The maximum absolute atomic E-state index is 5.64. The molecule has 0 aliphatic carbocycles. The van der Waals surface area contributed by atoms with Crippen LogP contribution in [0, 0.1) is 0 Å². The zero-order chi connectivity index (χ0) is 11.2. The van der Waals surface area contributed by atoms with Gasteiger partial charge in [-0.2, -0.15) is 11.3 Å². The van der Waals surface area contributed by atoms with E-state index in [1.807, 2.05) is 41.8 Å². The van der Waals surface area contributed by atoms with Gasteiger partial charge in [0.25, 0.3) is 0 Å². The van der Waals surface area contributed by atoms with Gasteiger partial charge in [0, 0.05) is 0 Å². The van der Waals surface area contributed by atoms with Crippen molar-refractivity contribution in [2.24, 2.45) is 5.84 Å². The van der Waals surface area contributed by atoms with Crippen molar-refractivity contribution in [2.75, 3.05) is 6.61 Å². The molecule has 2 aromatic rings. The van der Waals surface area contributed by atoms with Crippen molar-refractivity contribution in [1.82, 2.24) is 5.43 Å². The van der Waals surface area contributed by atoms with Gasteiger partial charge < -0.3 is 4.74 Å². The summed E-state index contributed by atoms with van der Waals surface area (Å²) in [6.07, 6.45) is 0. The highest BCUT2D eigenvalue weighted by atomic mass is 32.1. The summed E-state index contributed by atoms with van der Waals surface area (Å²) in [5.41, 5.74) is 3.91. The van der Waals surface area contributed by atoms with Gasteiger partial charge in [-0.15, -0.1) is 0 Å². The van der Waals surface area contributed by atoms with Crippen LogP contribution in [0.25, 0.3) is 0 Å². The van der Waals surface area contributed by atoms with Crippen LogP contribution in [0.3, 0.4) is 0 Å². The van der Waals surface area contributed by atoms with E-state index in [2.05, 4.69) is 10.8 Å². The van der Waals surface area contributed by atoms with Crippen LogP contribution in [0.15, 0.2) is 47.2 Å². The quantitative estimate of drug-likeness (QED) is 0.616. The first kappa shape index (κ1) is 11.1. The van der Waals surface area contributed by atoms with Crippen LogP contribution in [-0.4, -0.2) is 6.61 Å². The Balaban J connectivity index is 1.94. The van der Waals surface area contributed by atoms with Crippen molar-refractivity contribution >= 4 is 11.3 Å². The Kier molecular flexibility index (Phi) is 3.93. The van der Waals surface area contributed by atoms with Gasteiger partial charge in [0.05, 0.1) is 6.04 Å². The Morgan fingerprint density at radius 1 is 1.25 bits per heavy atom. The van der Waals surface area contributed by atoms with Crippen molar-refractivity contribution in [2.45, 2.75) is 6.04 Å². The topological polar surface area (TPSA) is 47.3 Å². The summed E-state index contributed by atoms with van der Waals surface area (Å²) < 4.78 is 5.64. The molecule has 16 heavy (non-hydrogen) atoms. The average Bonchev–Trinajstić information content (AvgIpc) is 2.85. The van der Waals surface area contributed by atoms with E-state index in [0.717, 1.165) is 11.3 Å². The molecule has 3 N–H and O–H groups in total. The Labute approximate surface area is 98.8 Å². The van der Waals surface area contributed by atoms with Gasteiger partial charge in [-0.05, 0) is 34.5 Å². The molecule has 1 heterocycles. The Bertz CT molecular complexity index is 402. The monoisotopic (exact) mass is 234 g/mol. The smallest absolute Gasteiger partial charge is 0.119 e. The highest BCUT2D eigenvalue weighted by Crippen LogP contribution is 2.17. The third-order valence-corrected chi connectivity index (χ3v) is 3.01. The molecule has 3 nitrogen and oxygen atoms in total. The average molecular weight is 234 g/mol. The second-order valence-electron chi connectivity index (χ2n) is 3.40. The predicted molar refractivity (Wildman–Crippen MR) is 66.3 cm³/mol. The van der Waals surface area contributed by atoms with Crippen LogP contribution >= 0.6 is 11.3 Å². The van der Waals surface area contributed by atoms with Gasteiger partial charge >= 0.3 is 0 Å². The molecule has 4 heteroatoms. The molecule has 1 aromatic carbocycles. The molecule has 0 saturated carbocycles. The fourth-order valence-electron chi connectivity index (χ4n) is 1.41. The Hall–Kier alpha value is -1.36. The third kappa shape index (κ3) is 2.82. The van der Waals surface area contributed by atoms with Crippen LogP contribution < -0.4 is 16.0 Å². The van der Waals surface area contributed by atoms with Crippen LogP contribution in [0.5, 0.6) is 5.75 Å². The number of hydrogen-bond acceptors (Lipinski definition) is 4. The van der Waals surface area contributed by atoms with Gasteiger partial charge in [0.15, 0.2) is 0 Å². The number of para-hydroxylation sites is 1. The van der Waals surface area contributed by atoms with Crippen molar-refractivity contribution < 1.29 is 4.74 Å². The van der Waals surface area contributed by atoms with Crippen molar-refractivity contribution in [3.63, 3.8) is 0 Å². The summed E-state index contributed by atoms with van der Waals surface area (Å²) in [4.78, 5) is 0. The SMILES string of the molecule is NNC(COc1ccccc1)c1ccsc1. The van der Waals surface area contributed by atoms with Crippen LogP contribution in [-0.2, 0) is 0 Å². The summed E-state index contributed by atoms with van der Waals surface area (Å²) in [6, 6.07) is 11.8. The summed E-state index contributed by atoms with van der Waals surface area (Å²) in [5, 5.41) is 4.10. The first-order valence-corrected chi connectivity index (χ1v) is 6.00. The summed E-state index contributed by atoms with van der Waals surface area (Å²) in [7, 11) is 0. The number of nitrogens with two attached hydrogens (primary N) is 1. The number of benzene rings is 1. The van der Waals surface area contributed by atoms with E-state index in [1.165, 1.54) is 0 Å². The van der Waals surface area contributed by atoms with E-state index in [-0.39, 0.29) is 6.04 Å². The van der Waals surface area contributed by atoms with Crippen LogP contribution in [0.1, 0.15) is 11.6 Å². The normalized spacial score (nSPS) is 12.3. The maximum atomic E-state index is 5.64. The van der Waals surface area contributed by atoms with E-state index in [9.17, 15) is 0 Å². The molecular weight excluding hydrogens is 220 g/mol. The van der Waals surface area contributed by atoms with Crippen molar-refractivity contribution in [3.8, 4) is 5.75 Å². The standard InChI is InChI=1S/C12H14N2OS/c13-14-12(10-6-7-16-9-10)8-15-11-4-2-1-3-5-11/h1-7,9,12,14H,8,13H2. The zero-order valence-electron chi connectivity index (χ0n) is 8.80. The van der Waals surface area contributed by atoms with Gasteiger partial charge in [0.1, 0.15) is 12.4 Å². The zero-order valence-corrected chi connectivity index (χ0v) is 9.61. The molecule has 0 aliphatic rings. The molecule has 1 atom stereocenters. The third-order valence-electron chi connectivity index (χ3n) is 2.31. The van der Waals surface area contributed by atoms with Crippen molar-refractivity contribution in [3.05, 3.63) is 52.7 Å². The maximum Gasteiger partial charge on any atom is 0.119 e. The first-order chi connectivity index (χ1) is 7.90. The second kappa shape index (κ2) is 5.65. The first-order valence-electron chi connectivity index (χ1n) is 5.06. The van der Waals surface area contributed by atoms with Gasteiger partial charge in [-0.3, -0.25) is 5.84 Å². The fraction of sp³-hybridized carbons (Fsp3) is 0.167. The molecule has 0 bridgehead atoms. The predicted octanol–water partition coefficient (Wildman–Crippen LogP) is 2.33. The van der Waals surface area contributed by atoms with E-state index < -0.39 is 0 Å². The lowest BCUT2D eigenvalue weighted by Crippen LogP contribution is -2.32.